The highest BCUT2D eigenvalue weighted by molar-refractivity contribution is 5.83. The lowest BCUT2D eigenvalue weighted by molar-refractivity contribution is -0.141. The number of aliphatic carboxylic acids is 1. The van der Waals surface area contributed by atoms with Gasteiger partial charge in [0.05, 0.1) is 0 Å². The zero-order valence-corrected chi connectivity index (χ0v) is 11.5. The van der Waals surface area contributed by atoms with Gasteiger partial charge in [0, 0.05) is 26.2 Å². The Morgan fingerprint density at radius 1 is 1.37 bits per heavy atom. The number of anilines is 1. The number of carbonyl (C=O) groups is 2. The van der Waals surface area contributed by atoms with Gasteiger partial charge in [-0.2, -0.15) is 0 Å². The fraction of sp³-hybridized carbons (Fsp3) is 0.429. The van der Waals surface area contributed by atoms with Gasteiger partial charge >= 0.3 is 5.97 Å². The highest BCUT2D eigenvalue weighted by Gasteiger charge is 2.13. The number of carboxylic acids is 1. The van der Waals surface area contributed by atoms with Crippen LogP contribution in [0.4, 0.5) is 5.69 Å². The lowest BCUT2D eigenvalue weighted by Crippen LogP contribution is -2.38. The summed E-state index contributed by atoms with van der Waals surface area (Å²) >= 11 is 0. The van der Waals surface area contributed by atoms with E-state index in [1.807, 2.05) is 43.3 Å². The van der Waals surface area contributed by atoms with Gasteiger partial charge in [-0.25, -0.2) is 0 Å². The molecule has 5 nitrogen and oxygen atoms in total. The number of nitrogens with zero attached hydrogens (tertiary/aromatic N) is 1. The first-order valence-electron chi connectivity index (χ1n) is 6.18. The van der Waals surface area contributed by atoms with Crippen LogP contribution in [0.15, 0.2) is 24.3 Å². The zero-order chi connectivity index (χ0) is 14.4. The second-order valence-corrected chi connectivity index (χ2v) is 4.69. The van der Waals surface area contributed by atoms with Crippen LogP contribution in [0, 0.1) is 0 Å². The van der Waals surface area contributed by atoms with Crippen molar-refractivity contribution in [3.63, 3.8) is 0 Å². The number of aryl methyl sites for hydroxylation is 1. The van der Waals surface area contributed by atoms with Crippen LogP contribution in [0.25, 0.3) is 0 Å². The lowest BCUT2D eigenvalue weighted by Gasteiger charge is -2.13. The van der Waals surface area contributed by atoms with Crippen LogP contribution in [0.3, 0.4) is 0 Å². The third-order valence-corrected chi connectivity index (χ3v) is 2.82. The summed E-state index contributed by atoms with van der Waals surface area (Å²) in [4.78, 5) is 24.2. The molecule has 5 heteroatoms. The summed E-state index contributed by atoms with van der Waals surface area (Å²) in [5.41, 5.74) is 2.14. The number of benzene rings is 1. The molecule has 1 unspecified atom stereocenters. The van der Waals surface area contributed by atoms with Crippen LogP contribution in [-0.2, 0) is 16.0 Å². The van der Waals surface area contributed by atoms with Gasteiger partial charge in [0.1, 0.15) is 6.04 Å². The van der Waals surface area contributed by atoms with Crippen LogP contribution < -0.4 is 10.2 Å². The molecular formula is C14H20N2O3. The summed E-state index contributed by atoms with van der Waals surface area (Å²) in [6.45, 7) is 1.45. The lowest BCUT2D eigenvalue weighted by atomic mass is 10.1. The largest absolute Gasteiger partial charge is 0.480 e. The van der Waals surface area contributed by atoms with Gasteiger partial charge in [-0.1, -0.05) is 12.1 Å². The van der Waals surface area contributed by atoms with Crippen LogP contribution in [-0.4, -0.2) is 37.1 Å². The molecule has 2 N–H and O–H groups in total. The smallest absolute Gasteiger partial charge is 0.325 e. The van der Waals surface area contributed by atoms with Gasteiger partial charge in [0.25, 0.3) is 0 Å². The van der Waals surface area contributed by atoms with Crippen molar-refractivity contribution in [2.24, 2.45) is 0 Å². The maximum Gasteiger partial charge on any atom is 0.325 e. The predicted molar refractivity (Wildman–Crippen MR) is 74.3 cm³/mol. The van der Waals surface area contributed by atoms with Crippen LogP contribution in [0.1, 0.15) is 18.9 Å². The van der Waals surface area contributed by atoms with Crippen LogP contribution in [0.2, 0.25) is 0 Å². The Balaban J connectivity index is 2.50. The molecule has 19 heavy (non-hydrogen) atoms. The van der Waals surface area contributed by atoms with E-state index in [-0.39, 0.29) is 12.3 Å². The van der Waals surface area contributed by atoms with Gasteiger partial charge in [0.15, 0.2) is 0 Å². The number of rotatable bonds is 6. The summed E-state index contributed by atoms with van der Waals surface area (Å²) in [5.74, 6) is -1.27. The second kappa shape index (κ2) is 6.78. The van der Waals surface area contributed by atoms with Crippen molar-refractivity contribution in [1.82, 2.24) is 5.32 Å². The Morgan fingerprint density at radius 3 is 2.63 bits per heavy atom. The summed E-state index contributed by atoms with van der Waals surface area (Å²) in [6, 6.07) is 7.08. The minimum absolute atomic E-state index is 0.245. The second-order valence-electron chi connectivity index (χ2n) is 4.69. The highest BCUT2D eigenvalue weighted by atomic mass is 16.4. The molecule has 0 bridgehead atoms. The molecule has 1 amide bonds. The average molecular weight is 264 g/mol. The fourth-order valence-corrected chi connectivity index (χ4v) is 1.62. The van der Waals surface area contributed by atoms with E-state index in [0.717, 1.165) is 11.3 Å². The number of hydrogen-bond donors (Lipinski definition) is 2. The standard InChI is InChI=1S/C14H20N2O3/c1-10(14(18)19)15-13(17)8-7-11-5-4-6-12(9-11)16(2)3/h4-6,9-10H,7-8H2,1-3H3,(H,15,17)(H,18,19). The van der Waals surface area contributed by atoms with Crippen molar-refractivity contribution in [2.75, 3.05) is 19.0 Å². The fourth-order valence-electron chi connectivity index (χ4n) is 1.62. The molecule has 0 fully saturated rings. The van der Waals surface area contributed by atoms with Gasteiger partial charge in [-0.15, -0.1) is 0 Å². The first-order valence-corrected chi connectivity index (χ1v) is 6.18. The molecule has 0 aromatic heterocycles. The molecule has 1 aromatic rings. The minimum atomic E-state index is -1.03. The normalized spacial score (nSPS) is 11.7. The van der Waals surface area contributed by atoms with Gasteiger partial charge in [-0.3, -0.25) is 9.59 Å². The van der Waals surface area contributed by atoms with E-state index >= 15 is 0 Å². The predicted octanol–water partition coefficient (Wildman–Crippen LogP) is 1.27. The Hall–Kier alpha value is -2.04. The van der Waals surface area contributed by atoms with Crippen molar-refractivity contribution < 1.29 is 14.7 Å². The molecular weight excluding hydrogens is 244 g/mol. The van der Waals surface area contributed by atoms with E-state index in [1.165, 1.54) is 6.92 Å². The van der Waals surface area contributed by atoms with E-state index in [1.54, 1.807) is 0 Å². The molecule has 0 aliphatic carbocycles. The van der Waals surface area contributed by atoms with Crippen molar-refractivity contribution in [3.8, 4) is 0 Å². The zero-order valence-electron chi connectivity index (χ0n) is 11.5. The molecule has 1 atom stereocenters. The van der Waals surface area contributed by atoms with Crippen LogP contribution >= 0.6 is 0 Å². The molecule has 0 saturated carbocycles. The maximum atomic E-state index is 11.6. The van der Waals surface area contributed by atoms with Crippen molar-refractivity contribution in [2.45, 2.75) is 25.8 Å². The van der Waals surface area contributed by atoms with E-state index in [0.29, 0.717) is 6.42 Å². The number of carbonyl (C=O) groups excluding carboxylic acids is 1. The molecule has 0 heterocycles. The monoisotopic (exact) mass is 264 g/mol. The topological polar surface area (TPSA) is 69.6 Å². The summed E-state index contributed by atoms with van der Waals surface area (Å²) in [7, 11) is 3.92. The minimum Gasteiger partial charge on any atom is -0.480 e. The third-order valence-electron chi connectivity index (χ3n) is 2.82. The number of amides is 1. The maximum absolute atomic E-state index is 11.6. The number of carboxylic acid groups (broad SMARTS) is 1. The summed E-state index contributed by atoms with van der Waals surface area (Å²) < 4.78 is 0. The molecule has 0 aliphatic rings. The molecule has 0 saturated heterocycles. The number of nitrogens with one attached hydrogen (secondary N) is 1. The SMILES string of the molecule is CC(NC(=O)CCc1cccc(N(C)C)c1)C(=O)O. The van der Waals surface area contributed by atoms with Crippen molar-refractivity contribution in [1.29, 1.82) is 0 Å². The highest BCUT2D eigenvalue weighted by Crippen LogP contribution is 2.14. The molecule has 1 aromatic carbocycles. The Bertz CT molecular complexity index is 458. The average Bonchev–Trinajstić information content (AvgIpc) is 2.36. The van der Waals surface area contributed by atoms with Crippen molar-refractivity contribution in [3.05, 3.63) is 29.8 Å². The van der Waals surface area contributed by atoms with Crippen molar-refractivity contribution >= 4 is 17.6 Å². The van der Waals surface area contributed by atoms with Gasteiger partial charge < -0.3 is 15.3 Å². The molecule has 104 valence electrons. The quantitative estimate of drug-likeness (QED) is 0.812. The van der Waals surface area contributed by atoms with E-state index < -0.39 is 12.0 Å². The summed E-state index contributed by atoms with van der Waals surface area (Å²) in [6.07, 6.45) is 0.883. The number of hydrogen-bond acceptors (Lipinski definition) is 3. The molecule has 0 aliphatic heterocycles. The summed E-state index contributed by atoms with van der Waals surface area (Å²) in [5, 5.41) is 11.1. The Morgan fingerprint density at radius 2 is 2.05 bits per heavy atom. The van der Waals surface area contributed by atoms with Gasteiger partial charge in [0.2, 0.25) is 5.91 Å². The molecule has 0 radical (unpaired) electrons. The first kappa shape index (κ1) is 15.0. The van der Waals surface area contributed by atoms with Gasteiger partial charge in [-0.05, 0) is 31.0 Å². The molecule has 0 spiro atoms. The van der Waals surface area contributed by atoms with E-state index in [2.05, 4.69) is 5.32 Å². The molecule has 1 rings (SSSR count). The Labute approximate surface area is 113 Å². The third kappa shape index (κ3) is 4.99. The first-order chi connectivity index (χ1) is 8.90. The van der Waals surface area contributed by atoms with E-state index in [9.17, 15) is 9.59 Å². The van der Waals surface area contributed by atoms with E-state index in [4.69, 9.17) is 5.11 Å². The van der Waals surface area contributed by atoms with Crippen LogP contribution in [0.5, 0.6) is 0 Å². The Kier molecular flexibility index (Phi) is 5.36.